The van der Waals surface area contributed by atoms with Gasteiger partial charge in [0.15, 0.2) is 0 Å². The summed E-state index contributed by atoms with van der Waals surface area (Å²) in [6.45, 7) is 2.24. The number of aromatic nitrogens is 1. The molecule has 1 unspecified atom stereocenters. The number of fused-ring (bicyclic) bond motifs is 3. The number of amides is 3. The van der Waals surface area contributed by atoms with Crippen LogP contribution in [0.5, 0.6) is 0 Å². The van der Waals surface area contributed by atoms with Gasteiger partial charge in [0.05, 0.1) is 13.1 Å². The normalized spacial score (nSPS) is 17.6. The fraction of sp³-hybridized carbons (Fsp3) is 0.320. The highest BCUT2D eigenvalue weighted by Crippen LogP contribution is 2.31. The van der Waals surface area contributed by atoms with Crippen molar-refractivity contribution in [1.82, 2.24) is 20.1 Å². The number of carbonyl (C=O) groups is 3. The number of rotatable bonds is 6. The summed E-state index contributed by atoms with van der Waals surface area (Å²) >= 11 is 0. The van der Waals surface area contributed by atoms with Crippen molar-refractivity contribution in [2.75, 3.05) is 32.6 Å². The summed E-state index contributed by atoms with van der Waals surface area (Å²) in [5, 5.41) is 6.49. The fourth-order valence-corrected chi connectivity index (χ4v) is 4.12. The molecule has 2 heterocycles. The van der Waals surface area contributed by atoms with Gasteiger partial charge in [-0.05, 0) is 36.8 Å². The minimum atomic E-state index is -1.12. The number of nitrogens with zero attached hydrogens (tertiary/aromatic N) is 3. The van der Waals surface area contributed by atoms with Crippen LogP contribution in [0.25, 0.3) is 10.9 Å². The predicted molar refractivity (Wildman–Crippen MR) is 128 cm³/mol. The Morgan fingerprint density at radius 2 is 1.76 bits per heavy atom. The molecule has 1 aliphatic heterocycles. The number of anilines is 1. The van der Waals surface area contributed by atoms with E-state index in [-0.39, 0.29) is 24.3 Å². The number of hydrogen-bond donors (Lipinski definition) is 2. The van der Waals surface area contributed by atoms with Gasteiger partial charge in [-0.1, -0.05) is 30.3 Å². The van der Waals surface area contributed by atoms with Crippen molar-refractivity contribution in [3.8, 4) is 0 Å². The van der Waals surface area contributed by atoms with Crippen molar-refractivity contribution in [2.45, 2.75) is 25.6 Å². The van der Waals surface area contributed by atoms with Gasteiger partial charge in [-0.15, -0.1) is 0 Å². The van der Waals surface area contributed by atoms with E-state index in [2.05, 4.69) is 10.6 Å². The SMILES string of the molecule is CN(C)c1ccc(CNC(=O)CNC(=O)C2(C)Cn3c(cc4ccccc43)C(=O)N2C)cc1. The molecule has 1 aromatic heterocycles. The maximum Gasteiger partial charge on any atom is 0.271 e. The van der Waals surface area contributed by atoms with Crippen molar-refractivity contribution in [3.63, 3.8) is 0 Å². The highest BCUT2D eigenvalue weighted by Gasteiger charge is 2.45. The number of benzene rings is 2. The first-order valence-corrected chi connectivity index (χ1v) is 10.9. The third-order valence-electron chi connectivity index (χ3n) is 6.38. The van der Waals surface area contributed by atoms with Crippen molar-refractivity contribution >= 4 is 34.3 Å². The standard InChI is InChI=1S/C25H29N5O3/c1-25(16-30-20-8-6-5-7-18(20)13-21(30)23(32)29(25)4)24(33)27-15-22(31)26-14-17-9-11-19(12-10-17)28(2)3/h5-13H,14-16H2,1-4H3,(H,26,31)(H,27,33). The van der Waals surface area contributed by atoms with Gasteiger partial charge in [-0.3, -0.25) is 14.4 Å². The Labute approximate surface area is 193 Å². The zero-order chi connectivity index (χ0) is 23.8. The molecule has 1 atom stereocenters. The van der Waals surface area contributed by atoms with Crippen LogP contribution in [0.1, 0.15) is 23.0 Å². The van der Waals surface area contributed by atoms with E-state index < -0.39 is 5.54 Å². The van der Waals surface area contributed by atoms with Crippen molar-refractivity contribution in [2.24, 2.45) is 0 Å². The quantitative estimate of drug-likeness (QED) is 0.605. The van der Waals surface area contributed by atoms with Crippen LogP contribution in [0.15, 0.2) is 54.6 Å². The van der Waals surface area contributed by atoms with Gasteiger partial charge in [0.1, 0.15) is 11.2 Å². The number of likely N-dealkylation sites (N-methyl/N-ethyl adjacent to an activating group) is 1. The monoisotopic (exact) mass is 447 g/mol. The van der Waals surface area contributed by atoms with Crippen LogP contribution in [0.2, 0.25) is 0 Å². The van der Waals surface area contributed by atoms with Crippen LogP contribution in [0.4, 0.5) is 5.69 Å². The summed E-state index contributed by atoms with van der Waals surface area (Å²) in [6.07, 6.45) is 0. The molecule has 2 N–H and O–H groups in total. The Morgan fingerprint density at radius 3 is 2.45 bits per heavy atom. The molecule has 4 rings (SSSR count). The Kier molecular flexibility index (Phi) is 5.84. The van der Waals surface area contributed by atoms with Gasteiger partial charge in [0.2, 0.25) is 11.8 Å². The number of hydrogen-bond acceptors (Lipinski definition) is 4. The molecule has 8 heteroatoms. The lowest BCUT2D eigenvalue weighted by molar-refractivity contribution is -0.134. The third-order valence-corrected chi connectivity index (χ3v) is 6.38. The Balaban J connectivity index is 1.39. The molecule has 0 bridgehead atoms. The Bertz CT molecular complexity index is 1210. The molecule has 33 heavy (non-hydrogen) atoms. The summed E-state index contributed by atoms with van der Waals surface area (Å²) < 4.78 is 1.88. The van der Waals surface area contributed by atoms with Crippen LogP contribution in [-0.2, 0) is 22.7 Å². The molecule has 1 aliphatic rings. The molecule has 0 spiro atoms. The smallest absolute Gasteiger partial charge is 0.271 e. The second-order valence-corrected chi connectivity index (χ2v) is 8.83. The van der Waals surface area contributed by atoms with E-state index in [1.54, 1.807) is 14.0 Å². The van der Waals surface area contributed by atoms with E-state index in [4.69, 9.17) is 0 Å². The predicted octanol–water partition coefficient (Wildman–Crippen LogP) is 1.98. The zero-order valence-corrected chi connectivity index (χ0v) is 19.4. The van der Waals surface area contributed by atoms with Crippen molar-refractivity contribution in [3.05, 3.63) is 65.9 Å². The van der Waals surface area contributed by atoms with Crippen LogP contribution >= 0.6 is 0 Å². The summed E-state index contributed by atoms with van der Waals surface area (Å²) in [5.74, 6) is -0.881. The summed E-state index contributed by atoms with van der Waals surface area (Å²) in [7, 11) is 5.56. The van der Waals surface area contributed by atoms with E-state index in [0.29, 0.717) is 18.8 Å². The maximum absolute atomic E-state index is 13.1. The molecule has 0 fully saturated rings. The molecule has 0 saturated heterocycles. The van der Waals surface area contributed by atoms with Crippen LogP contribution in [0, 0.1) is 0 Å². The van der Waals surface area contributed by atoms with E-state index in [9.17, 15) is 14.4 Å². The third kappa shape index (κ3) is 4.16. The minimum absolute atomic E-state index is 0.161. The lowest BCUT2D eigenvalue weighted by Gasteiger charge is -2.41. The van der Waals surface area contributed by atoms with Crippen LogP contribution in [-0.4, -0.2) is 60.4 Å². The lowest BCUT2D eigenvalue weighted by atomic mass is 9.95. The maximum atomic E-state index is 13.1. The average molecular weight is 448 g/mol. The summed E-state index contributed by atoms with van der Waals surface area (Å²) in [4.78, 5) is 41.9. The molecule has 3 aromatic rings. The Morgan fingerprint density at radius 1 is 1.06 bits per heavy atom. The first-order valence-electron chi connectivity index (χ1n) is 10.9. The second kappa shape index (κ2) is 8.61. The number of carbonyl (C=O) groups excluding carboxylic acids is 3. The summed E-state index contributed by atoms with van der Waals surface area (Å²) in [5.41, 5.74) is 2.40. The molecule has 2 aromatic carbocycles. The van der Waals surface area contributed by atoms with Gasteiger partial charge < -0.3 is 25.0 Å². The topological polar surface area (TPSA) is 86.7 Å². The van der Waals surface area contributed by atoms with E-state index >= 15 is 0 Å². The van der Waals surface area contributed by atoms with Crippen molar-refractivity contribution < 1.29 is 14.4 Å². The van der Waals surface area contributed by atoms with Gasteiger partial charge in [0, 0.05) is 44.3 Å². The fourth-order valence-electron chi connectivity index (χ4n) is 4.12. The first-order chi connectivity index (χ1) is 15.7. The van der Waals surface area contributed by atoms with Gasteiger partial charge in [-0.2, -0.15) is 0 Å². The van der Waals surface area contributed by atoms with Gasteiger partial charge >= 0.3 is 0 Å². The van der Waals surface area contributed by atoms with Crippen molar-refractivity contribution in [1.29, 1.82) is 0 Å². The number of para-hydroxylation sites is 1. The molecule has 3 amide bonds. The van der Waals surface area contributed by atoms with E-state index in [1.165, 1.54) is 4.90 Å². The van der Waals surface area contributed by atoms with Gasteiger partial charge in [-0.25, -0.2) is 0 Å². The lowest BCUT2D eigenvalue weighted by Crippen LogP contribution is -2.63. The largest absolute Gasteiger partial charge is 0.378 e. The second-order valence-electron chi connectivity index (χ2n) is 8.83. The average Bonchev–Trinajstić information content (AvgIpc) is 3.18. The van der Waals surface area contributed by atoms with E-state index in [1.807, 2.05) is 78.2 Å². The molecule has 0 saturated carbocycles. The number of nitrogens with one attached hydrogen (secondary N) is 2. The zero-order valence-electron chi connectivity index (χ0n) is 19.4. The molecule has 0 radical (unpaired) electrons. The Hall–Kier alpha value is -3.81. The summed E-state index contributed by atoms with van der Waals surface area (Å²) in [6, 6.07) is 17.5. The van der Waals surface area contributed by atoms with Gasteiger partial charge in [0.25, 0.3) is 5.91 Å². The minimum Gasteiger partial charge on any atom is -0.378 e. The highest BCUT2D eigenvalue weighted by atomic mass is 16.2. The molecular formula is C25H29N5O3. The van der Waals surface area contributed by atoms with E-state index in [0.717, 1.165) is 22.2 Å². The molecular weight excluding hydrogens is 418 g/mol. The highest BCUT2D eigenvalue weighted by molar-refractivity contribution is 6.03. The molecule has 8 nitrogen and oxygen atoms in total. The molecule has 0 aliphatic carbocycles. The first kappa shape index (κ1) is 22.4. The van der Waals surface area contributed by atoms with Crippen LogP contribution in [0.3, 0.4) is 0 Å². The van der Waals surface area contributed by atoms with Crippen LogP contribution < -0.4 is 15.5 Å². The molecule has 172 valence electrons.